The Balaban J connectivity index is 1.53. The first-order valence-corrected chi connectivity index (χ1v) is 12.4. The van der Waals surface area contributed by atoms with Crippen LogP contribution in [0.3, 0.4) is 0 Å². The largest absolute Gasteiger partial charge is 0.293 e. The minimum Gasteiger partial charge on any atom is -0.293 e. The standard InChI is InChI=1S/C29H24N5OS/c1-29(2)22-12-8-9-13-23(22)33(3)24(29)14-20-26(19(16-30)17-31)21(27(20)35)15-25-34(4)32-28(36-25)18-10-6-5-7-11-18/h5-15,21H,1-4H3/q+1/b20-14-,25-15-. The second kappa shape index (κ2) is 8.78. The molecule has 0 spiro atoms. The predicted molar refractivity (Wildman–Crippen MR) is 142 cm³/mol. The number of Topliss-reactive ketones (excluding diaryl/α,β-unsaturated/α-hetero) is 1. The highest BCUT2D eigenvalue weighted by Crippen LogP contribution is 2.45. The van der Waals surface area contributed by atoms with Gasteiger partial charge in [0.25, 0.3) is 0 Å². The topological polar surface area (TPSA) is 83.3 Å². The van der Waals surface area contributed by atoms with E-state index in [1.54, 1.807) is 5.01 Å². The summed E-state index contributed by atoms with van der Waals surface area (Å²) in [6.07, 6.45) is 3.68. The molecule has 176 valence electrons. The van der Waals surface area contributed by atoms with Gasteiger partial charge in [-0.3, -0.25) is 9.80 Å². The number of hydrogen-bond donors (Lipinski definition) is 0. The van der Waals surface area contributed by atoms with Gasteiger partial charge < -0.3 is 0 Å². The normalized spacial score (nSPS) is 22.3. The summed E-state index contributed by atoms with van der Waals surface area (Å²) in [5, 5.41) is 27.4. The van der Waals surface area contributed by atoms with Crippen LogP contribution in [-0.2, 0) is 10.2 Å². The highest BCUT2D eigenvalue weighted by atomic mass is 32.2. The van der Waals surface area contributed by atoms with Crippen molar-refractivity contribution in [2.45, 2.75) is 19.3 Å². The van der Waals surface area contributed by atoms with Crippen LogP contribution in [0, 0.1) is 28.6 Å². The molecule has 0 radical (unpaired) electrons. The fraction of sp³-hybridized carbons (Fsp3) is 0.207. The van der Waals surface area contributed by atoms with E-state index in [4.69, 9.17) is 0 Å². The number of nitrogens with zero attached hydrogens (tertiary/aromatic N) is 5. The Kier molecular flexibility index (Phi) is 5.74. The van der Waals surface area contributed by atoms with Crippen molar-refractivity contribution < 1.29 is 9.37 Å². The Morgan fingerprint density at radius 1 is 1.11 bits per heavy atom. The van der Waals surface area contributed by atoms with Crippen LogP contribution in [-0.4, -0.2) is 40.2 Å². The Hall–Kier alpha value is -4.20. The Morgan fingerprint density at radius 2 is 1.78 bits per heavy atom. The summed E-state index contributed by atoms with van der Waals surface area (Å²) in [4.78, 5) is 13.5. The number of hydrogen-bond acceptors (Lipinski definition) is 6. The van der Waals surface area contributed by atoms with E-state index >= 15 is 0 Å². The van der Waals surface area contributed by atoms with E-state index in [2.05, 4.69) is 35.7 Å². The zero-order chi connectivity index (χ0) is 25.6. The second-order valence-electron chi connectivity index (χ2n) is 9.40. The maximum Gasteiger partial charge on any atom is 0.209 e. The average molecular weight is 491 g/mol. The molecule has 2 heterocycles. The molecular weight excluding hydrogens is 466 g/mol. The van der Waals surface area contributed by atoms with E-state index in [1.807, 2.05) is 80.9 Å². The van der Waals surface area contributed by atoms with Crippen LogP contribution in [0.5, 0.6) is 0 Å². The van der Waals surface area contributed by atoms with Crippen LogP contribution < -0.4 is 0 Å². The molecule has 1 saturated carbocycles. The van der Waals surface area contributed by atoms with E-state index in [1.165, 1.54) is 17.3 Å². The lowest BCUT2D eigenvalue weighted by Crippen LogP contribution is -2.36. The van der Waals surface area contributed by atoms with E-state index in [-0.39, 0.29) is 16.8 Å². The lowest BCUT2D eigenvalue weighted by molar-refractivity contribution is -0.401. The third-order valence-corrected chi connectivity index (χ3v) is 8.07. The first-order chi connectivity index (χ1) is 17.3. The molecule has 1 aliphatic carbocycles. The maximum atomic E-state index is 13.5. The van der Waals surface area contributed by atoms with Crippen LogP contribution in [0.15, 0.2) is 93.6 Å². The number of para-hydroxylation sites is 1. The van der Waals surface area contributed by atoms with Gasteiger partial charge in [-0.1, -0.05) is 48.5 Å². The van der Waals surface area contributed by atoms with Gasteiger partial charge in [0.2, 0.25) is 5.69 Å². The fourth-order valence-corrected chi connectivity index (χ4v) is 6.01. The van der Waals surface area contributed by atoms with E-state index in [0.717, 1.165) is 27.0 Å². The molecule has 0 bridgehead atoms. The quantitative estimate of drug-likeness (QED) is 0.342. The smallest absolute Gasteiger partial charge is 0.209 e. The molecule has 5 rings (SSSR count). The first-order valence-electron chi connectivity index (χ1n) is 11.6. The number of rotatable bonds is 3. The molecule has 2 aromatic carbocycles. The summed E-state index contributed by atoms with van der Waals surface area (Å²) < 4.78 is 2.08. The molecule has 6 nitrogen and oxygen atoms in total. The molecular formula is C29H24N5OS+. The lowest BCUT2D eigenvalue weighted by atomic mass is 9.69. The summed E-state index contributed by atoms with van der Waals surface area (Å²) >= 11 is 1.47. The molecule has 0 N–H and O–H groups in total. The number of allylic oxidation sites excluding steroid dienone is 5. The molecule has 0 aromatic heterocycles. The van der Waals surface area contributed by atoms with Gasteiger partial charge in [-0.05, 0) is 31.7 Å². The van der Waals surface area contributed by atoms with Crippen molar-refractivity contribution >= 4 is 34.0 Å². The molecule has 1 atom stereocenters. The Bertz CT molecular complexity index is 1530. The summed E-state index contributed by atoms with van der Waals surface area (Å²) in [5.41, 5.74) is 4.74. The molecule has 3 aliphatic rings. The zero-order valence-electron chi connectivity index (χ0n) is 20.5. The van der Waals surface area contributed by atoms with Gasteiger partial charge >= 0.3 is 0 Å². The number of carbonyl (C=O) groups is 1. The summed E-state index contributed by atoms with van der Waals surface area (Å²) in [6, 6.07) is 22.0. The van der Waals surface area contributed by atoms with E-state index < -0.39 is 5.92 Å². The van der Waals surface area contributed by atoms with Crippen LogP contribution in [0.1, 0.15) is 25.0 Å². The third kappa shape index (κ3) is 3.61. The van der Waals surface area contributed by atoms with Crippen LogP contribution in [0.4, 0.5) is 5.69 Å². The van der Waals surface area contributed by atoms with Crippen LogP contribution in [0.2, 0.25) is 0 Å². The van der Waals surface area contributed by atoms with Crippen LogP contribution in [0.25, 0.3) is 0 Å². The molecule has 0 amide bonds. The van der Waals surface area contributed by atoms with Gasteiger partial charge in [0, 0.05) is 41.5 Å². The van der Waals surface area contributed by atoms with Crippen molar-refractivity contribution in [3.63, 3.8) is 0 Å². The molecule has 7 heteroatoms. The number of nitriles is 2. The second-order valence-corrected chi connectivity index (χ2v) is 10.4. The number of carbonyl (C=O) groups excluding carboxylic acids is 1. The lowest BCUT2D eigenvalue weighted by Gasteiger charge is -2.30. The van der Waals surface area contributed by atoms with Crippen LogP contribution >= 0.6 is 11.8 Å². The highest BCUT2D eigenvalue weighted by molar-refractivity contribution is 8.17. The third-order valence-electron chi connectivity index (χ3n) is 6.95. The zero-order valence-corrected chi connectivity index (χ0v) is 21.3. The van der Waals surface area contributed by atoms with Crippen molar-refractivity contribution in [1.29, 1.82) is 10.5 Å². The van der Waals surface area contributed by atoms with Gasteiger partial charge in [0.15, 0.2) is 11.5 Å². The molecule has 36 heavy (non-hydrogen) atoms. The van der Waals surface area contributed by atoms with Gasteiger partial charge in [-0.2, -0.15) is 20.2 Å². The predicted octanol–water partition coefficient (Wildman–Crippen LogP) is 5.04. The van der Waals surface area contributed by atoms with E-state index in [9.17, 15) is 15.3 Å². The van der Waals surface area contributed by atoms with Crippen molar-refractivity contribution in [1.82, 2.24) is 5.01 Å². The summed E-state index contributed by atoms with van der Waals surface area (Å²) in [5.74, 6) is -0.770. The minimum absolute atomic E-state index is 0.0332. The number of fused-ring (bicyclic) bond motifs is 1. The summed E-state index contributed by atoms with van der Waals surface area (Å²) in [6.45, 7) is 4.24. The SMILES string of the molecule is CN1N=C(c2ccccc2)S/C1=C\C1C(=O)/C(=C\C2=[N+](C)c3ccccc3C2(C)C)C1=C(C#N)C#N. The molecule has 2 aliphatic heterocycles. The highest BCUT2D eigenvalue weighted by Gasteiger charge is 2.47. The Morgan fingerprint density at radius 3 is 2.44 bits per heavy atom. The summed E-state index contributed by atoms with van der Waals surface area (Å²) in [7, 11) is 3.81. The fourth-order valence-electron chi connectivity index (χ4n) is 5.01. The maximum absolute atomic E-state index is 13.5. The number of thioether (sulfide) groups is 1. The monoisotopic (exact) mass is 490 g/mol. The van der Waals surface area contributed by atoms with Gasteiger partial charge in [-0.15, -0.1) is 0 Å². The van der Waals surface area contributed by atoms with Crippen molar-refractivity contribution in [3.05, 3.63) is 99.6 Å². The van der Waals surface area contributed by atoms with Crippen molar-refractivity contribution in [2.24, 2.45) is 11.0 Å². The minimum atomic E-state index is -0.668. The number of hydrazone groups is 1. The Labute approximate surface area is 214 Å². The van der Waals surface area contributed by atoms with Crippen molar-refractivity contribution in [2.75, 3.05) is 14.1 Å². The average Bonchev–Trinajstić information content (AvgIpc) is 3.35. The van der Waals surface area contributed by atoms with E-state index in [0.29, 0.717) is 11.1 Å². The van der Waals surface area contributed by atoms with Gasteiger partial charge in [0.05, 0.1) is 16.4 Å². The van der Waals surface area contributed by atoms with Crippen molar-refractivity contribution in [3.8, 4) is 12.1 Å². The molecule has 1 fully saturated rings. The van der Waals surface area contributed by atoms with Gasteiger partial charge in [0.1, 0.15) is 29.8 Å². The van der Waals surface area contributed by atoms with Gasteiger partial charge in [-0.25, -0.2) is 0 Å². The first kappa shape index (κ1) is 23.5. The molecule has 2 aromatic rings. The number of ketones is 1. The molecule has 1 unspecified atom stereocenters. The number of benzene rings is 2. The molecule has 0 saturated heterocycles.